The van der Waals surface area contributed by atoms with Crippen LogP contribution in [0.15, 0.2) is 23.0 Å². The number of nitrogens with zero attached hydrogens (tertiary/aromatic N) is 4. The van der Waals surface area contributed by atoms with E-state index < -0.39 is 17.6 Å². The SMILES string of the molecule is Cn1c(=O)n(C2CCC(=O)NC2=O)c2cccc(N3CCC(OC4CCN(C(=O)OC(C)(C)C)CC4)CC3)c21. The number of para-hydroxylation sites is 1. The summed E-state index contributed by atoms with van der Waals surface area (Å²) in [5, 5.41) is 2.37. The van der Waals surface area contributed by atoms with Crippen LogP contribution < -0.4 is 15.9 Å². The standard InChI is InChI=1S/C28H39N5O6/c1-28(2,3)39-27(37)32-16-12-19(13-17-32)38-18-10-14-31(15-11-18)20-6-5-7-21-24(20)30(4)26(36)33(21)22-8-9-23(34)29-25(22)35/h5-7,18-19,22H,8-17H2,1-4H3,(H,29,34,35). The molecule has 1 unspecified atom stereocenters. The van der Waals surface area contributed by atoms with Gasteiger partial charge in [-0.1, -0.05) is 6.07 Å². The monoisotopic (exact) mass is 541 g/mol. The molecule has 4 heterocycles. The molecule has 1 aromatic carbocycles. The molecular formula is C28H39N5O6. The number of rotatable bonds is 4. The Balaban J connectivity index is 1.22. The van der Waals surface area contributed by atoms with E-state index in [2.05, 4.69) is 10.2 Å². The van der Waals surface area contributed by atoms with E-state index in [4.69, 9.17) is 9.47 Å². The van der Waals surface area contributed by atoms with Crippen LogP contribution >= 0.6 is 0 Å². The van der Waals surface area contributed by atoms with Crippen molar-refractivity contribution in [2.24, 2.45) is 7.05 Å². The number of carbonyl (C=O) groups is 3. The molecule has 39 heavy (non-hydrogen) atoms. The molecule has 11 heteroatoms. The van der Waals surface area contributed by atoms with Crippen molar-refractivity contribution in [3.05, 3.63) is 28.7 Å². The molecule has 11 nitrogen and oxygen atoms in total. The molecule has 0 aliphatic carbocycles. The van der Waals surface area contributed by atoms with Gasteiger partial charge in [-0.25, -0.2) is 9.59 Å². The van der Waals surface area contributed by atoms with Gasteiger partial charge in [0, 0.05) is 39.6 Å². The fourth-order valence-corrected chi connectivity index (χ4v) is 5.91. The Labute approximate surface area is 228 Å². The second kappa shape index (κ2) is 10.7. The van der Waals surface area contributed by atoms with Gasteiger partial charge in [-0.15, -0.1) is 0 Å². The van der Waals surface area contributed by atoms with E-state index in [1.54, 1.807) is 16.5 Å². The summed E-state index contributed by atoms with van der Waals surface area (Å²) in [6.07, 6.45) is 3.88. The van der Waals surface area contributed by atoms with Crippen LogP contribution in [0.3, 0.4) is 0 Å². The van der Waals surface area contributed by atoms with E-state index in [0.717, 1.165) is 50.0 Å². The summed E-state index contributed by atoms with van der Waals surface area (Å²) in [6.45, 7) is 8.48. The number of hydrogen-bond donors (Lipinski definition) is 1. The predicted octanol–water partition coefficient (Wildman–Crippen LogP) is 2.70. The average Bonchev–Trinajstić information content (AvgIpc) is 3.14. The Morgan fingerprint density at radius 2 is 1.59 bits per heavy atom. The molecule has 5 rings (SSSR count). The number of anilines is 1. The van der Waals surface area contributed by atoms with E-state index in [1.165, 1.54) is 4.57 Å². The number of aromatic nitrogens is 2. The zero-order valence-corrected chi connectivity index (χ0v) is 23.3. The molecule has 3 saturated heterocycles. The normalized spacial score (nSPS) is 21.9. The van der Waals surface area contributed by atoms with E-state index in [-0.39, 0.29) is 36.3 Å². The van der Waals surface area contributed by atoms with Crippen molar-refractivity contribution in [2.45, 2.75) is 83.1 Å². The van der Waals surface area contributed by atoms with Gasteiger partial charge in [0.15, 0.2) is 0 Å². The maximum absolute atomic E-state index is 13.2. The third kappa shape index (κ3) is 5.68. The zero-order valence-electron chi connectivity index (χ0n) is 23.3. The van der Waals surface area contributed by atoms with E-state index in [1.807, 2.05) is 39.0 Å². The van der Waals surface area contributed by atoms with Gasteiger partial charge in [0.2, 0.25) is 11.8 Å². The first-order valence-electron chi connectivity index (χ1n) is 13.9. The molecule has 3 amide bonds. The molecule has 0 saturated carbocycles. The number of imide groups is 1. The number of ether oxygens (including phenoxy) is 2. The molecule has 3 aliphatic rings. The molecule has 3 fully saturated rings. The summed E-state index contributed by atoms with van der Waals surface area (Å²) in [5.41, 5.74) is 1.69. The van der Waals surface area contributed by atoms with Crippen LogP contribution in [0.1, 0.15) is 65.3 Å². The highest BCUT2D eigenvalue weighted by atomic mass is 16.6. The molecule has 212 valence electrons. The minimum absolute atomic E-state index is 0.132. The number of fused-ring (bicyclic) bond motifs is 1. The predicted molar refractivity (Wildman–Crippen MR) is 146 cm³/mol. The number of imidazole rings is 1. The molecule has 0 radical (unpaired) electrons. The summed E-state index contributed by atoms with van der Waals surface area (Å²) in [7, 11) is 1.73. The van der Waals surface area contributed by atoms with Crippen molar-refractivity contribution >= 4 is 34.6 Å². The summed E-state index contributed by atoms with van der Waals surface area (Å²) in [4.78, 5) is 53.8. The van der Waals surface area contributed by atoms with E-state index in [9.17, 15) is 19.2 Å². The molecule has 1 aromatic heterocycles. The minimum Gasteiger partial charge on any atom is -0.444 e. The van der Waals surface area contributed by atoms with E-state index in [0.29, 0.717) is 25.0 Å². The Bertz CT molecular complexity index is 1310. The second-order valence-corrected chi connectivity index (χ2v) is 11.8. The Hall–Kier alpha value is -3.34. The lowest BCUT2D eigenvalue weighted by molar-refractivity contribution is -0.135. The molecule has 2 aromatic rings. The highest BCUT2D eigenvalue weighted by Crippen LogP contribution is 2.32. The Morgan fingerprint density at radius 1 is 0.949 bits per heavy atom. The smallest absolute Gasteiger partial charge is 0.410 e. The van der Waals surface area contributed by atoms with Gasteiger partial charge in [0.25, 0.3) is 0 Å². The molecular weight excluding hydrogens is 502 g/mol. The lowest BCUT2D eigenvalue weighted by Gasteiger charge is -2.38. The molecule has 3 aliphatic heterocycles. The number of piperidine rings is 3. The van der Waals surface area contributed by atoms with Crippen LogP contribution in [0.4, 0.5) is 10.5 Å². The van der Waals surface area contributed by atoms with Crippen molar-refractivity contribution in [2.75, 3.05) is 31.1 Å². The summed E-state index contributed by atoms with van der Waals surface area (Å²) in [5.74, 6) is -0.731. The van der Waals surface area contributed by atoms with Crippen LogP contribution in [0, 0.1) is 0 Å². The fourth-order valence-electron chi connectivity index (χ4n) is 5.91. The van der Waals surface area contributed by atoms with Gasteiger partial charge >= 0.3 is 11.8 Å². The number of hydrogen-bond acceptors (Lipinski definition) is 7. The van der Waals surface area contributed by atoms with Crippen LogP contribution in [0.25, 0.3) is 11.0 Å². The first kappa shape index (κ1) is 27.2. The van der Waals surface area contributed by atoms with Crippen LogP contribution in [0.2, 0.25) is 0 Å². The van der Waals surface area contributed by atoms with Crippen LogP contribution in [-0.2, 0) is 26.1 Å². The zero-order chi connectivity index (χ0) is 27.9. The van der Waals surface area contributed by atoms with Crippen molar-refractivity contribution in [1.82, 2.24) is 19.4 Å². The number of aryl methyl sites for hydroxylation is 1. The highest BCUT2D eigenvalue weighted by Gasteiger charge is 2.33. The summed E-state index contributed by atoms with van der Waals surface area (Å²) < 4.78 is 15.1. The summed E-state index contributed by atoms with van der Waals surface area (Å²) >= 11 is 0. The van der Waals surface area contributed by atoms with Crippen LogP contribution in [-0.4, -0.2) is 75.9 Å². The van der Waals surface area contributed by atoms with E-state index >= 15 is 0 Å². The first-order chi connectivity index (χ1) is 18.5. The highest BCUT2D eigenvalue weighted by molar-refractivity contribution is 6.00. The summed E-state index contributed by atoms with van der Waals surface area (Å²) in [6, 6.07) is 5.10. The maximum atomic E-state index is 13.2. The number of nitrogens with one attached hydrogen (secondary N) is 1. The molecule has 0 spiro atoms. The number of likely N-dealkylation sites (tertiary alicyclic amines) is 1. The first-order valence-corrected chi connectivity index (χ1v) is 13.9. The minimum atomic E-state index is -0.699. The average molecular weight is 542 g/mol. The quantitative estimate of drug-likeness (QED) is 0.592. The third-order valence-corrected chi connectivity index (χ3v) is 7.86. The number of benzene rings is 1. The van der Waals surface area contributed by atoms with Gasteiger partial charge in [-0.2, -0.15) is 0 Å². The Kier molecular flexibility index (Phi) is 7.45. The fraction of sp³-hybridized carbons (Fsp3) is 0.643. The van der Waals surface area contributed by atoms with Gasteiger partial charge < -0.3 is 19.3 Å². The van der Waals surface area contributed by atoms with Crippen molar-refractivity contribution in [1.29, 1.82) is 0 Å². The van der Waals surface area contributed by atoms with Crippen molar-refractivity contribution < 1.29 is 23.9 Å². The van der Waals surface area contributed by atoms with Crippen LogP contribution in [0.5, 0.6) is 0 Å². The number of carbonyl (C=O) groups excluding carboxylic acids is 3. The molecule has 1 atom stereocenters. The number of amides is 3. The topological polar surface area (TPSA) is 115 Å². The van der Waals surface area contributed by atoms with Gasteiger partial charge in [-0.05, 0) is 65.0 Å². The van der Waals surface area contributed by atoms with Crippen molar-refractivity contribution in [3.8, 4) is 0 Å². The van der Waals surface area contributed by atoms with Crippen molar-refractivity contribution in [3.63, 3.8) is 0 Å². The maximum Gasteiger partial charge on any atom is 0.410 e. The third-order valence-electron chi connectivity index (χ3n) is 7.86. The van der Waals surface area contributed by atoms with Gasteiger partial charge in [0.05, 0.1) is 28.9 Å². The largest absolute Gasteiger partial charge is 0.444 e. The van der Waals surface area contributed by atoms with Gasteiger partial charge in [0.1, 0.15) is 11.6 Å². The lowest BCUT2D eigenvalue weighted by Crippen LogP contribution is -2.45. The molecule has 0 bridgehead atoms. The second-order valence-electron chi connectivity index (χ2n) is 11.8. The lowest BCUT2D eigenvalue weighted by atomic mass is 10.0. The van der Waals surface area contributed by atoms with Gasteiger partial charge in [-0.3, -0.25) is 24.0 Å². The molecule has 1 N–H and O–H groups in total. The Morgan fingerprint density at radius 3 is 2.21 bits per heavy atom.